The number of nitrogens with zero attached hydrogens (tertiary/aromatic N) is 1. The van der Waals surface area contributed by atoms with E-state index in [1.165, 1.54) is 0 Å². The highest BCUT2D eigenvalue weighted by molar-refractivity contribution is 5.90. The third-order valence-corrected chi connectivity index (χ3v) is 4.38. The number of carbonyl (C=O) groups excluding carboxylic acids is 1. The fourth-order valence-corrected chi connectivity index (χ4v) is 3.26. The lowest BCUT2D eigenvalue weighted by Crippen LogP contribution is -2.49. The van der Waals surface area contributed by atoms with Crippen molar-refractivity contribution >= 4 is 16.8 Å². The van der Waals surface area contributed by atoms with Crippen molar-refractivity contribution < 1.29 is 9.90 Å². The van der Waals surface area contributed by atoms with E-state index in [2.05, 4.69) is 4.98 Å². The van der Waals surface area contributed by atoms with Crippen LogP contribution in [0.4, 0.5) is 0 Å². The highest BCUT2D eigenvalue weighted by Gasteiger charge is 2.31. The zero-order valence-corrected chi connectivity index (χ0v) is 12.6. The van der Waals surface area contributed by atoms with Crippen molar-refractivity contribution in [2.75, 3.05) is 13.1 Å². The third-order valence-electron chi connectivity index (χ3n) is 4.38. The van der Waals surface area contributed by atoms with Crippen LogP contribution in [-0.4, -0.2) is 39.6 Å². The van der Waals surface area contributed by atoms with E-state index in [9.17, 15) is 9.90 Å². The highest BCUT2D eigenvalue weighted by atomic mass is 16.3. The molecule has 2 N–H and O–H groups in total. The van der Waals surface area contributed by atoms with Crippen LogP contribution in [0.2, 0.25) is 0 Å². The van der Waals surface area contributed by atoms with Gasteiger partial charge < -0.3 is 15.0 Å². The maximum absolute atomic E-state index is 12.6. The Morgan fingerprint density at radius 3 is 2.95 bits per heavy atom. The second-order valence-electron chi connectivity index (χ2n) is 6.37. The topological polar surface area (TPSA) is 56.3 Å². The van der Waals surface area contributed by atoms with Crippen molar-refractivity contribution in [3.8, 4) is 0 Å². The van der Waals surface area contributed by atoms with Gasteiger partial charge in [0, 0.05) is 29.7 Å². The molecule has 0 radical (unpaired) electrons. The number of rotatable bonds is 2. The minimum Gasteiger partial charge on any atom is -0.388 e. The van der Waals surface area contributed by atoms with Gasteiger partial charge in [-0.05, 0) is 38.3 Å². The molecular formula is C17H22N2O2. The first-order valence-electron chi connectivity index (χ1n) is 7.53. The van der Waals surface area contributed by atoms with Gasteiger partial charge in [-0.25, -0.2) is 0 Å². The number of amides is 1. The van der Waals surface area contributed by atoms with Crippen LogP contribution in [-0.2, 0) is 11.2 Å². The summed E-state index contributed by atoms with van der Waals surface area (Å²) in [5.74, 6) is 0.0998. The molecule has 0 bridgehead atoms. The van der Waals surface area contributed by atoms with Crippen molar-refractivity contribution in [2.24, 2.45) is 0 Å². The predicted octanol–water partition coefficient (Wildman–Crippen LogP) is 2.39. The number of H-pyrrole nitrogens is 1. The summed E-state index contributed by atoms with van der Waals surface area (Å²) < 4.78 is 0. The van der Waals surface area contributed by atoms with Crippen molar-refractivity contribution in [3.05, 3.63) is 35.5 Å². The number of aromatic amines is 1. The molecule has 2 aromatic rings. The Morgan fingerprint density at radius 2 is 2.19 bits per heavy atom. The Balaban J connectivity index is 1.82. The number of aliphatic hydroxyl groups is 1. The molecule has 1 aromatic carbocycles. The summed E-state index contributed by atoms with van der Waals surface area (Å²) in [7, 11) is 0. The van der Waals surface area contributed by atoms with Crippen molar-refractivity contribution in [3.63, 3.8) is 0 Å². The molecule has 1 aromatic heterocycles. The first-order valence-corrected chi connectivity index (χ1v) is 7.53. The standard InChI is InChI=1S/C17H22N2O2/c1-12-14(13-6-3-4-7-15(13)18-12)10-16(20)19-9-5-8-17(2,21)11-19/h3-4,6-7,18,21H,5,8-11H2,1-2H3. The van der Waals surface area contributed by atoms with E-state index < -0.39 is 5.60 Å². The van der Waals surface area contributed by atoms with E-state index in [1.54, 1.807) is 4.90 Å². The fourth-order valence-electron chi connectivity index (χ4n) is 3.26. The van der Waals surface area contributed by atoms with E-state index in [0.717, 1.165) is 41.5 Å². The van der Waals surface area contributed by atoms with E-state index >= 15 is 0 Å². The molecule has 4 heteroatoms. The summed E-state index contributed by atoms with van der Waals surface area (Å²) in [4.78, 5) is 17.7. The maximum Gasteiger partial charge on any atom is 0.227 e. The molecule has 1 unspecified atom stereocenters. The van der Waals surface area contributed by atoms with Gasteiger partial charge in [-0.2, -0.15) is 0 Å². The Bertz CT molecular complexity index is 672. The van der Waals surface area contributed by atoms with Crippen molar-refractivity contribution in [1.82, 2.24) is 9.88 Å². The first-order chi connectivity index (χ1) is 9.96. The Labute approximate surface area is 124 Å². The number of hydrogen-bond donors (Lipinski definition) is 2. The Hall–Kier alpha value is -1.81. The molecule has 1 saturated heterocycles. The fraction of sp³-hybridized carbons (Fsp3) is 0.471. The number of fused-ring (bicyclic) bond motifs is 1. The summed E-state index contributed by atoms with van der Waals surface area (Å²) in [5, 5.41) is 11.3. The van der Waals surface area contributed by atoms with Crippen LogP contribution in [0.3, 0.4) is 0 Å². The molecule has 1 fully saturated rings. The van der Waals surface area contributed by atoms with Gasteiger partial charge in [-0.15, -0.1) is 0 Å². The molecule has 112 valence electrons. The van der Waals surface area contributed by atoms with Gasteiger partial charge in [-0.1, -0.05) is 18.2 Å². The largest absolute Gasteiger partial charge is 0.388 e. The molecule has 0 aliphatic carbocycles. The van der Waals surface area contributed by atoms with Crippen LogP contribution in [0.25, 0.3) is 10.9 Å². The maximum atomic E-state index is 12.6. The van der Waals surface area contributed by atoms with Crippen LogP contribution in [0, 0.1) is 6.92 Å². The predicted molar refractivity (Wildman–Crippen MR) is 83.2 cm³/mol. The average molecular weight is 286 g/mol. The minimum absolute atomic E-state index is 0.0998. The van der Waals surface area contributed by atoms with Gasteiger partial charge in [0.2, 0.25) is 5.91 Å². The number of likely N-dealkylation sites (tertiary alicyclic amines) is 1. The molecule has 1 amide bonds. The summed E-state index contributed by atoms with van der Waals surface area (Å²) >= 11 is 0. The molecule has 1 aliphatic heterocycles. The number of aryl methyl sites for hydroxylation is 1. The van der Waals surface area contributed by atoms with Gasteiger partial charge in [0.05, 0.1) is 12.0 Å². The smallest absolute Gasteiger partial charge is 0.227 e. The van der Waals surface area contributed by atoms with E-state index in [1.807, 2.05) is 38.1 Å². The first kappa shape index (κ1) is 14.1. The third kappa shape index (κ3) is 2.81. The van der Waals surface area contributed by atoms with Gasteiger partial charge >= 0.3 is 0 Å². The van der Waals surface area contributed by atoms with Crippen LogP contribution in [0.5, 0.6) is 0 Å². The second-order valence-corrected chi connectivity index (χ2v) is 6.37. The number of aromatic nitrogens is 1. The molecule has 1 aliphatic rings. The van der Waals surface area contributed by atoms with Crippen LogP contribution in [0.15, 0.2) is 24.3 Å². The van der Waals surface area contributed by atoms with Gasteiger partial charge in [0.1, 0.15) is 0 Å². The van der Waals surface area contributed by atoms with Crippen LogP contribution in [0.1, 0.15) is 31.0 Å². The second kappa shape index (κ2) is 5.19. The summed E-state index contributed by atoms with van der Waals surface area (Å²) in [6, 6.07) is 8.07. The molecule has 21 heavy (non-hydrogen) atoms. The van der Waals surface area contributed by atoms with Gasteiger partial charge in [0.15, 0.2) is 0 Å². The van der Waals surface area contributed by atoms with Crippen LogP contribution < -0.4 is 0 Å². The molecule has 0 spiro atoms. The lowest BCUT2D eigenvalue weighted by atomic mass is 9.94. The summed E-state index contributed by atoms with van der Waals surface area (Å²) in [6.45, 7) is 5.00. The molecule has 0 saturated carbocycles. The summed E-state index contributed by atoms with van der Waals surface area (Å²) in [5.41, 5.74) is 2.45. The zero-order valence-electron chi connectivity index (χ0n) is 12.6. The lowest BCUT2D eigenvalue weighted by Gasteiger charge is -2.36. The average Bonchev–Trinajstić information content (AvgIpc) is 2.74. The number of para-hydroxylation sites is 1. The molecule has 3 rings (SSSR count). The number of piperidine rings is 1. The number of carbonyl (C=O) groups is 1. The van der Waals surface area contributed by atoms with Crippen LogP contribution >= 0.6 is 0 Å². The van der Waals surface area contributed by atoms with Crippen molar-refractivity contribution in [1.29, 1.82) is 0 Å². The number of nitrogens with one attached hydrogen (secondary N) is 1. The Morgan fingerprint density at radius 1 is 1.43 bits per heavy atom. The van der Waals surface area contributed by atoms with E-state index in [-0.39, 0.29) is 5.91 Å². The van der Waals surface area contributed by atoms with Gasteiger partial charge in [0.25, 0.3) is 0 Å². The molecule has 1 atom stereocenters. The number of β-amino-alcohol motifs (C(OH)–C–C–N with tert-alkyl or cyclic N) is 1. The monoisotopic (exact) mass is 286 g/mol. The van der Waals surface area contributed by atoms with E-state index in [0.29, 0.717) is 13.0 Å². The van der Waals surface area contributed by atoms with Gasteiger partial charge in [-0.3, -0.25) is 4.79 Å². The van der Waals surface area contributed by atoms with Crippen molar-refractivity contribution in [2.45, 2.75) is 38.7 Å². The number of hydrogen-bond acceptors (Lipinski definition) is 2. The number of benzene rings is 1. The SMILES string of the molecule is Cc1[nH]c2ccccc2c1CC(=O)N1CCCC(C)(O)C1. The highest BCUT2D eigenvalue weighted by Crippen LogP contribution is 2.25. The van der Waals surface area contributed by atoms with E-state index in [4.69, 9.17) is 0 Å². The summed E-state index contributed by atoms with van der Waals surface area (Å²) in [6.07, 6.45) is 2.03. The lowest BCUT2D eigenvalue weighted by molar-refractivity contribution is -0.136. The normalized spacial score (nSPS) is 22.7. The molecular weight excluding hydrogens is 264 g/mol. The minimum atomic E-state index is -0.747. The molecule has 2 heterocycles. The quantitative estimate of drug-likeness (QED) is 0.890. The Kier molecular flexibility index (Phi) is 3.49. The zero-order chi connectivity index (χ0) is 15.0. The molecule has 4 nitrogen and oxygen atoms in total.